The highest BCUT2D eigenvalue weighted by atomic mass is 127. The molecule has 1 heterocycles. The molecule has 1 aromatic heterocycles. The van der Waals surface area contributed by atoms with Gasteiger partial charge in [-0.05, 0) is 51.2 Å². The van der Waals surface area contributed by atoms with E-state index in [9.17, 15) is 0 Å². The Morgan fingerprint density at radius 1 is 1.05 bits per heavy atom. The first-order valence-corrected chi connectivity index (χ1v) is 7.00. The van der Waals surface area contributed by atoms with Crippen molar-refractivity contribution in [3.8, 4) is 17.1 Å². The fourth-order valence-corrected chi connectivity index (χ4v) is 2.71. The molecule has 0 fully saturated rings. The lowest BCUT2D eigenvalue weighted by atomic mass is 10.2. The van der Waals surface area contributed by atoms with Crippen molar-refractivity contribution in [2.75, 3.05) is 0 Å². The summed E-state index contributed by atoms with van der Waals surface area (Å²) in [6.07, 6.45) is 0. The number of halogens is 2. The first kappa shape index (κ1) is 12.6. The summed E-state index contributed by atoms with van der Waals surface area (Å²) in [5.41, 5.74) is 1.72. The Labute approximate surface area is 128 Å². The summed E-state index contributed by atoms with van der Waals surface area (Å²) in [6, 6.07) is 15.5. The molecule has 0 bridgehead atoms. The Morgan fingerprint density at radius 2 is 1.84 bits per heavy atom. The van der Waals surface area contributed by atoms with Crippen LogP contribution in [0.4, 0.5) is 0 Å². The smallest absolute Gasteiger partial charge is 0.187 e. The Hall–Kier alpha value is -1.47. The third-order valence-corrected chi connectivity index (χ3v) is 3.61. The molecule has 4 nitrogen and oxygen atoms in total. The third-order valence-electron chi connectivity index (χ3n) is 2.64. The topological polar surface area (TPSA) is 43.6 Å². The number of nitrogens with zero attached hydrogens (tertiary/aromatic N) is 4. The molecule has 19 heavy (non-hydrogen) atoms. The summed E-state index contributed by atoms with van der Waals surface area (Å²) in [4.78, 5) is 0. The maximum absolute atomic E-state index is 6.26. The molecule has 0 unspecified atom stereocenters. The molecule has 0 aliphatic carbocycles. The number of benzene rings is 2. The molecule has 94 valence electrons. The van der Waals surface area contributed by atoms with Gasteiger partial charge in [-0.3, -0.25) is 0 Å². The van der Waals surface area contributed by atoms with Crippen LogP contribution >= 0.6 is 34.2 Å². The minimum atomic E-state index is 0.622. The van der Waals surface area contributed by atoms with E-state index in [2.05, 4.69) is 38.1 Å². The van der Waals surface area contributed by atoms with Crippen LogP contribution in [-0.4, -0.2) is 20.2 Å². The second kappa shape index (κ2) is 5.26. The minimum absolute atomic E-state index is 0.622. The predicted molar refractivity (Wildman–Crippen MR) is 82.3 cm³/mol. The molecule has 2 aromatic carbocycles. The lowest BCUT2D eigenvalue weighted by Gasteiger charge is -2.06. The van der Waals surface area contributed by atoms with Crippen LogP contribution in [0, 0.1) is 3.57 Å². The van der Waals surface area contributed by atoms with Gasteiger partial charge in [0.25, 0.3) is 0 Å². The van der Waals surface area contributed by atoms with Crippen LogP contribution < -0.4 is 0 Å². The van der Waals surface area contributed by atoms with Crippen molar-refractivity contribution >= 4 is 34.2 Å². The molecule has 0 aliphatic rings. The summed E-state index contributed by atoms with van der Waals surface area (Å²) in [5, 5.41) is 12.5. The Kier molecular flexibility index (Phi) is 3.48. The average molecular weight is 383 g/mol. The van der Waals surface area contributed by atoms with E-state index in [4.69, 9.17) is 11.6 Å². The van der Waals surface area contributed by atoms with Crippen molar-refractivity contribution in [1.29, 1.82) is 0 Å². The van der Waals surface area contributed by atoms with Gasteiger partial charge in [0.2, 0.25) is 0 Å². The molecule has 3 aromatic rings. The molecule has 0 saturated heterocycles. The van der Waals surface area contributed by atoms with E-state index in [1.165, 1.54) is 0 Å². The summed E-state index contributed by atoms with van der Waals surface area (Å²) < 4.78 is 2.72. The number of rotatable bonds is 2. The number of hydrogen-bond acceptors (Lipinski definition) is 3. The molecule has 0 saturated carbocycles. The standard InChI is InChI=1S/C13H8ClIN4/c14-11-8-10(15)6-7-12(11)19-13(16-17-18-19)9-4-2-1-3-5-9/h1-8H. The minimum Gasteiger partial charge on any atom is -0.191 e. The monoisotopic (exact) mass is 382 g/mol. The molecular weight excluding hydrogens is 375 g/mol. The van der Waals surface area contributed by atoms with Crippen LogP contribution in [0.2, 0.25) is 5.02 Å². The summed E-state index contributed by atoms with van der Waals surface area (Å²) in [7, 11) is 0. The SMILES string of the molecule is Clc1cc(I)ccc1-n1nnnc1-c1ccccc1. The quantitative estimate of drug-likeness (QED) is 0.636. The van der Waals surface area contributed by atoms with Gasteiger partial charge >= 0.3 is 0 Å². The van der Waals surface area contributed by atoms with E-state index in [1.54, 1.807) is 4.68 Å². The van der Waals surface area contributed by atoms with Gasteiger partial charge in [-0.25, -0.2) is 0 Å². The zero-order valence-electron chi connectivity index (χ0n) is 9.66. The molecule has 0 radical (unpaired) electrons. The van der Waals surface area contributed by atoms with E-state index < -0.39 is 0 Å². The molecule has 0 N–H and O–H groups in total. The first-order valence-electron chi connectivity index (χ1n) is 5.55. The number of aromatic nitrogens is 4. The van der Waals surface area contributed by atoms with Gasteiger partial charge in [0.1, 0.15) is 0 Å². The highest BCUT2D eigenvalue weighted by molar-refractivity contribution is 14.1. The van der Waals surface area contributed by atoms with Gasteiger partial charge in [-0.1, -0.05) is 41.9 Å². The van der Waals surface area contributed by atoms with E-state index in [-0.39, 0.29) is 0 Å². The highest BCUT2D eigenvalue weighted by Gasteiger charge is 2.12. The largest absolute Gasteiger partial charge is 0.191 e. The fraction of sp³-hybridized carbons (Fsp3) is 0. The van der Waals surface area contributed by atoms with Gasteiger partial charge in [0.05, 0.1) is 10.7 Å². The van der Waals surface area contributed by atoms with Crippen LogP contribution in [0.25, 0.3) is 17.1 Å². The van der Waals surface area contributed by atoms with Gasteiger partial charge in [-0.15, -0.1) is 5.10 Å². The second-order valence-corrected chi connectivity index (χ2v) is 5.53. The lowest BCUT2D eigenvalue weighted by Crippen LogP contribution is -2.00. The van der Waals surface area contributed by atoms with E-state index in [0.29, 0.717) is 10.8 Å². The van der Waals surface area contributed by atoms with E-state index >= 15 is 0 Å². The van der Waals surface area contributed by atoms with Gasteiger partial charge in [-0.2, -0.15) is 4.68 Å². The molecule has 6 heteroatoms. The summed E-state index contributed by atoms with van der Waals surface area (Å²) in [5.74, 6) is 0.670. The van der Waals surface area contributed by atoms with Crippen LogP contribution in [0.1, 0.15) is 0 Å². The van der Waals surface area contributed by atoms with Crippen molar-refractivity contribution in [2.45, 2.75) is 0 Å². The van der Waals surface area contributed by atoms with Crippen molar-refractivity contribution in [1.82, 2.24) is 20.2 Å². The maximum atomic E-state index is 6.26. The van der Waals surface area contributed by atoms with Crippen molar-refractivity contribution in [2.24, 2.45) is 0 Å². The zero-order chi connectivity index (χ0) is 13.2. The van der Waals surface area contributed by atoms with Crippen LogP contribution in [0.3, 0.4) is 0 Å². The maximum Gasteiger partial charge on any atom is 0.187 e. The Bertz CT molecular complexity index is 712. The van der Waals surface area contributed by atoms with Crippen molar-refractivity contribution in [3.05, 3.63) is 57.1 Å². The highest BCUT2D eigenvalue weighted by Crippen LogP contribution is 2.25. The third kappa shape index (κ3) is 2.48. The lowest BCUT2D eigenvalue weighted by molar-refractivity contribution is 0.791. The number of tetrazole rings is 1. The van der Waals surface area contributed by atoms with Gasteiger partial charge in [0.15, 0.2) is 5.82 Å². The average Bonchev–Trinajstić information content (AvgIpc) is 2.89. The van der Waals surface area contributed by atoms with Crippen molar-refractivity contribution < 1.29 is 0 Å². The van der Waals surface area contributed by atoms with Gasteiger partial charge < -0.3 is 0 Å². The Morgan fingerprint density at radius 3 is 2.58 bits per heavy atom. The first-order chi connectivity index (χ1) is 9.25. The van der Waals surface area contributed by atoms with Crippen molar-refractivity contribution in [3.63, 3.8) is 0 Å². The second-order valence-electron chi connectivity index (χ2n) is 3.88. The molecule has 3 rings (SSSR count). The van der Waals surface area contributed by atoms with E-state index in [0.717, 1.165) is 14.8 Å². The molecular formula is C13H8ClIN4. The van der Waals surface area contributed by atoms with Gasteiger partial charge in [0, 0.05) is 9.13 Å². The molecule has 0 aliphatic heterocycles. The molecule has 0 spiro atoms. The zero-order valence-corrected chi connectivity index (χ0v) is 12.6. The fourth-order valence-electron chi connectivity index (χ4n) is 1.77. The van der Waals surface area contributed by atoms with Crippen LogP contribution in [-0.2, 0) is 0 Å². The molecule has 0 atom stereocenters. The van der Waals surface area contributed by atoms with Crippen LogP contribution in [0.15, 0.2) is 48.5 Å². The summed E-state index contributed by atoms with van der Waals surface area (Å²) >= 11 is 8.47. The van der Waals surface area contributed by atoms with Crippen LogP contribution in [0.5, 0.6) is 0 Å². The predicted octanol–water partition coefficient (Wildman–Crippen LogP) is 3.59. The van der Waals surface area contributed by atoms with E-state index in [1.807, 2.05) is 48.5 Å². The normalized spacial score (nSPS) is 10.6. The summed E-state index contributed by atoms with van der Waals surface area (Å²) in [6.45, 7) is 0. The number of hydrogen-bond donors (Lipinski definition) is 0. The Balaban J connectivity index is 2.15. The molecule has 0 amide bonds.